The topological polar surface area (TPSA) is 66.8 Å². The van der Waals surface area contributed by atoms with Gasteiger partial charge in [0.2, 0.25) is 0 Å². The van der Waals surface area contributed by atoms with Crippen LogP contribution in [0.2, 0.25) is 0 Å². The third-order valence-electron chi connectivity index (χ3n) is 2.46. The molecule has 1 rings (SSSR count). The molecule has 1 unspecified atom stereocenters. The Morgan fingerprint density at radius 3 is 2.44 bits per heavy atom. The molecule has 1 aromatic rings. The van der Waals surface area contributed by atoms with Crippen molar-refractivity contribution in [3.8, 4) is 5.75 Å². The van der Waals surface area contributed by atoms with Gasteiger partial charge in [-0.15, -0.1) is 0 Å². The highest BCUT2D eigenvalue weighted by atomic mass is 16.5. The maximum absolute atomic E-state index is 11.7. The van der Waals surface area contributed by atoms with Crippen LogP contribution >= 0.6 is 0 Å². The Balaban J connectivity index is 2.99. The number of benzene rings is 1. The van der Waals surface area contributed by atoms with E-state index in [1.807, 2.05) is 6.92 Å². The lowest BCUT2D eigenvalue weighted by Crippen LogP contribution is -2.35. The normalized spacial score (nSPS) is 11.8. The van der Waals surface area contributed by atoms with Gasteiger partial charge in [0.1, 0.15) is 11.3 Å². The molecule has 0 radical (unpaired) electrons. The zero-order valence-corrected chi connectivity index (χ0v) is 10.9. The number of nitrogens with zero attached hydrogens (tertiary/aromatic N) is 1. The monoisotopic (exact) mass is 251 g/mol. The molecule has 0 heterocycles. The SMILES string of the molecule is Cc1ccc(C(=O)O)c(OC(C)C(=O)N(C)C)c1. The molecular weight excluding hydrogens is 234 g/mol. The smallest absolute Gasteiger partial charge is 0.339 e. The minimum absolute atomic E-state index is 0.0546. The number of carbonyl (C=O) groups excluding carboxylic acids is 1. The second-order valence-electron chi connectivity index (χ2n) is 4.30. The molecule has 1 atom stereocenters. The summed E-state index contributed by atoms with van der Waals surface area (Å²) < 4.78 is 5.44. The number of aromatic carboxylic acids is 1. The molecule has 0 aliphatic heterocycles. The van der Waals surface area contributed by atoms with Crippen LogP contribution in [0.25, 0.3) is 0 Å². The van der Waals surface area contributed by atoms with E-state index in [4.69, 9.17) is 9.84 Å². The molecule has 0 bridgehead atoms. The average Bonchev–Trinajstić information content (AvgIpc) is 2.27. The lowest BCUT2D eigenvalue weighted by atomic mass is 10.1. The Morgan fingerprint density at radius 1 is 1.33 bits per heavy atom. The van der Waals surface area contributed by atoms with E-state index in [0.29, 0.717) is 0 Å². The number of aryl methyl sites for hydroxylation is 1. The van der Waals surface area contributed by atoms with Gasteiger partial charge in [0.05, 0.1) is 0 Å². The third-order valence-corrected chi connectivity index (χ3v) is 2.46. The maximum atomic E-state index is 11.7. The van der Waals surface area contributed by atoms with Crippen LogP contribution in [0.3, 0.4) is 0 Å². The molecule has 0 aliphatic rings. The summed E-state index contributed by atoms with van der Waals surface area (Å²) in [7, 11) is 3.24. The number of hydrogen-bond acceptors (Lipinski definition) is 3. The summed E-state index contributed by atoms with van der Waals surface area (Å²) in [6.07, 6.45) is -0.722. The van der Waals surface area contributed by atoms with Crippen molar-refractivity contribution in [2.75, 3.05) is 14.1 Å². The molecule has 5 heteroatoms. The fraction of sp³-hybridized carbons (Fsp3) is 0.385. The van der Waals surface area contributed by atoms with E-state index in [-0.39, 0.29) is 17.2 Å². The lowest BCUT2D eigenvalue weighted by molar-refractivity contribution is -0.135. The van der Waals surface area contributed by atoms with Crippen molar-refractivity contribution in [1.82, 2.24) is 4.90 Å². The van der Waals surface area contributed by atoms with Crippen LogP contribution < -0.4 is 4.74 Å². The van der Waals surface area contributed by atoms with Crippen molar-refractivity contribution in [2.45, 2.75) is 20.0 Å². The van der Waals surface area contributed by atoms with Crippen LogP contribution in [0.5, 0.6) is 5.75 Å². The fourth-order valence-corrected chi connectivity index (χ4v) is 1.51. The van der Waals surface area contributed by atoms with Gasteiger partial charge in [0, 0.05) is 14.1 Å². The van der Waals surface area contributed by atoms with E-state index in [9.17, 15) is 9.59 Å². The summed E-state index contributed by atoms with van der Waals surface area (Å²) in [5, 5.41) is 9.04. The summed E-state index contributed by atoms with van der Waals surface area (Å²) in [4.78, 5) is 24.1. The van der Waals surface area contributed by atoms with Crippen molar-refractivity contribution in [2.24, 2.45) is 0 Å². The van der Waals surface area contributed by atoms with E-state index in [1.165, 1.54) is 11.0 Å². The number of amides is 1. The molecule has 0 aromatic heterocycles. The van der Waals surface area contributed by atoms with Crippen molar-refractivity contribution < 1.29 is 19.4 Å². The van der Waals surface area contributed by atoms with Crippen LogP contribution in [0.1, 0.15) is 22.8 Å². The van der Waals surface area contributed by atoms with Gasteiger partial charge in [-0.05, 0) is 31.5 Å². The van der Waals surface area contributed by atoms with Crippen molar-refractivity contribution in [3.05, 3.63) is 29.3 Å². The number of likely N-dealkylation sites (N-methyl/N-ethyl adjacent to an activating group) is 1. The molecule has 0 saturated carbocycles. The van der Waals surface area contributed by atoms with Crippen LogP contribution in [0.15, 0.2) is 18.2 Å². The molecule has 5 nitrogen and oxygen atoms in total. The standard InChI is InChI=1S/C13H17NO4/c1-8-5-6-10(13(16)17)11(7-8)18-9(2)12(15)14(3)4/h5-7,9H,1-4H3,(H,16,17). The first-order valence-corrected chi connectivity index (χ1v) is 5.54. The quantitative estimate of drug-likeness (QED) is 0.881. The molecule has 98 valence electrons. The fourth-order valence-electron chi connectivity index (χ4n) is 1.51. The summed E-state index contributed by atoms with van der Waals surface area (Å²) >= 11 is 0. The van der Waals surface area contributed by atoms with E-state index >= 15 is 0 Å². The van der Waals surface area contributed by atoms with Gasteiger partial charge in [-0.25, -0.2) is 4.79 Å². The Labute approximate surface area is 106 Å². The highest BCUT2D eigenvalue weighted by Crippen LogP contribution is 2.21. The number of rotatable bonds is 4. The van der Waals surface area contributed by atoms with Gasteiger partial charge in [0.15, 0.2) is 6.10 Å². The van der Waals surface area contributed by atoms with E-state index in [0.717, 1.165) is 5.56 Å². The molecule has 0 aliphatic carbocycles. The minimum Gasteiger partial charge on any atom is -0.480 e. The summed E-state index contributed by atoms with van der Waals surface area (Å²) in [5.41, 5.74) is 0.929. The highest BCUT2D eigenvalue weighted by molar-refractivity contribution is 5.91. The Bertz CT molecular complexity index is 468. The first-order chi connectivity index (χ1) is 8.32. The lowest BCUT2D eigenvalue weighted by Gasteiger charge is -2.19. The van der Waals surface area contributed by atoms with Crippen LogP contribution in [-0.4, -0.2) is 42.1 Å². The largest absolute Gasteiger partial charge is 0.480 e. The minimum atomic E-state index is -1.07. The predicted molar refractivity (Wildman–Crippen MR) is 66.9 cm³/mol. The van der Waals surface area contributed by atoms with Gasteiger partial charge in [0.25, 0.3) is 5.91 Å². The van der Waals surface area contributed by atoms with Crippen LogP contribution in [0.4, 0.5) is 0 Å². The zero-order chi connectivity index (χ0) is 13.9. The molecule has 1 amide bonds. The molecule has 0 spiro atoms. The molecule has 1 N–H and O–H groups in total. The van der Waals surface area contributed by atoms with Gasteiger partial charge in [-0.1, -0.05) is 6.07 Å². The number of carbonyl (C=O) groups is 2. The molecular formula is C13H17NO4. The molecule has 0 saturated heterocycles. The molecule has 1 aromatic carbocycles. The second-order valence-corrected chi connectivity index (χ2v) is 4.30. The Hall–Kier alpha value is -2.04. The van der Waals surface area contributed by atoms with Crippen molar-refractivity contribution in [3.63, 3.8) is 0 Å². The molecule has 18 heavy (non-hydrogen) atoms. The number of carboxylic acid groups (broad SMARTS) is 1. The average molecular weight is 251 g/mol. The van der Waals surface area contributed by atoms with Crippen LogP contribution in [-0.2, 0) is 4.79 Å². The predicted octanol–water partition coefficient (Wildman–Crippen LogP) is 1.55. The summed E-state index contributed by atoms with van der Waals surface area (Å²) in [6, 6.07) is 4.78. The van der Waals surface area contributed by atoms with Crippen molar-refractivity contribution in [1.29, 1.82) is 0 Å². The number of carboxylic acids is 1. The van der Waals surface area contributed by atoms with Crippen molar-refractivity contribution >= 4 is 11.9 Å². The van der Waals surface area contributed by atoms with E-state index in [2.05, 4.69) is 0 Å². The van der Waals surface area contributed by atoms with Gasteiger partial charge in [-0.2, -0.15) is 0 Å². The summed E-state index contributed by atoms with van der Waals surface area (Å²) in [5.74, 6) is -1.08. The van der Waals surface area contributed by atoms with Gasteiger partial charge >= 0.3 is 5.97 Å². The highest BCUT2D eigenvalue weighted by Gasteiger charge is 2.20. The van der Waals surface area contributed by atoms with Gasteiger partial charge in [-0.3, -0.25) is 4.79 Å². The van der Waals surface area contributed by atoms with Gasteiger partial charge < -0.3 is 14.7 Å². The molecule has 0 fully saturated rings. The first kappa shape index (κ1) is 14.0. The summed E-state index contributed by atoms with van der Waals surface area (Å²) in [6.45, 7) is 3.42. The second kappa shape index (κ2) is 5.53. The van der Waals surface area contributed by atoms with Crippen LogP contribution in [0, 0.1) is 6.92 Å². The number of hydrogen-bond donors (Lipinski definition) is 1. The van der Waals surface area contributed by atoms with E-state index < -0.39 is 12.1 Å². The number of ether oxygens (including phenoxy) is 1. The first-order valence-electron chi connectivity index (χ1n) is 5.54. The van der Waals surface area contributed by atoms with E-state index in [1.54, 1.807) is 33.2 Å². The third kappa shape index (κ3) is 3.23. The zero-order valence-electron chi connectivity index (χ0n) is 10.9. The Morgan fingerprint density at radius 2 is 1.94 bits per heavy atom. The maximum Gasteiger partial charge on any atom is 0.339 e. The Kier molecular flexibility index (Phi) is 4.31.